The van der Waals surface area contributed by atoms with E-state index in [4.69, 9.17) is 4.74 Å². The van der Waals surface area contributed by atoms with Crippen LogP contribution in [-0.4, -0.2) is 41.8 Å². The average Bonchev–Trinajstić information content (AvgIpc) is 3.42. The summed E-state index contributed by atoms with van der Waals surface area (Å²) in [5.74, 6) is 3.80. The number of carbonyl (C=O) groups is 3. The van der Waals surface area contributed by atoms with Crippen LogP contribution in [0.4, 0.5) is 4.79 Å². The van der Waals surface area contributed by atoms with Crippen LogP contribution in [0.25, 0.3) is 11.1 Å². The molecule has 3 atom stereocenters. The highest BCUT2D eigenvalue weighted by Gasteiger charge is 2.33. The summed E-state index contributed by atoms with van der Waals surface area (Å²) >= 11 is 0. The number of nitrogens with one attached hydrogen (secondary N) is 2. The van der Waals surface area contributed by atoms with Crippen LogP contribution in [0.1, 0.15) is 56.1 Å². The van der Waals surface area contributed by atoms with Crippen molar-refractivity contribution in [1.29, 1.82) is 0 Å². The lowest BCUT2D eigenvalue weighted by molar-refractivity contribution is -0.141. The van der Waals surface area contributed by atoms with Crippen LogP contribution in [0.15, 0.2) is 48.5 Å². The van der Waals surface area contributed by atoms with E-state index in [0.29, 0.717) is 0 Å². The monoisotopic (exact) mass is 474 g/mol. The molecule has 2 amide bonds. The van der Waals surface area contributed by atoms with Gasteiger partial charge in [0.2, 0.25) is 5.91 Å². The van der Waals surface area contributed by atoms with Crippen molar-refractivity contribution >= 4 is 18.0 Å². The molecule has 7 heteroatoms. The molecule has 2 aliphatic rings. The summed E-state index contributed by atoms with van der Waals surface area (Å²) in [6.07, 6.45) is 2.14. The highest BCUT2D eigenvalue weighted by Crippen LogP contribution is 2.44. The van der Waals surface area contributed by atoms with Crippen molar-refractivity contribution in [2.45, 2.75) is 57.0 Å². The van der Waals surface area contributed by atoms with E-state index < -0.39 is 18.1 Å². The second-order valence-corrected chi connectivity index (χ2v) is 9.06. The molecule has 0 heterocycles. The third kappa shape index (κ3) is 5.65. The molecule has 3 N–H and O–H groups in total. The zero-order valence-corrected chi connectivity index (χ0v) is 19.8. The summed E-state index contributed by atoms with van der Waals surface area (Å²) in [5.41, 5.74) is 4.64. The number of amides is 2. The maximum absolute atomic E-state index is 12.7. The standard InChI is InChI=1S/C28H30N2O5/c1-2-3-14-25(27(32)33)29-26(31)16-18-9-8-15-24(18)30-28(34)35-17-23-21-12-6-4-10-19(21)20-11-5-7-13-22(20)23/h4-7,10-13,18,23-25H,8-9,14-17H2,1H3,(H,29,31)(H,30,34)(H,32,33). The van der Waals surface area contributed by atoms with E-state index in [0.717, 1.165) is 30.4 Å². The quantitative estimate of drug-likeness (QED) is 0.501. The Balaban J connectivity index is 1.31. The fourth-order valence-electron chi connectivity index (χ4n) is 5.16. The SMILES string of the molecule is CC#CCC(NC(=O)CC1CCCC1NC(=O)OCC1c2ccccc2-c2ccccc21)C(=O)O. The van der Waals surface area contributed by atoms with Crippen LogP contribution < -0.4 is 10.6 Å². The Bertz CT molecular complexity index is 1120. The Morgan fingerprint density at radius 2 is 1.71 bits per heavy atom. The topological polar surface area (TPSA) is 105 Å². The summed E-state index contributed by atoms with van der Waals surface area (Å²) in [4.78, 5) is 36.5. The van der Waals surface area contributed by atoms with E-state index in [-0.39, 0.29) is 43.2 Å². The number of aliphatic carboxylic acids is 1. The van der Waals surface area contributed by atoms with E-state index in [9.17, 15) is 19.5 Å². The van der Waals surface area contributed by atoms with Crippen LogP contribution in [0.2, 0.25) is 0 Å². The van der Waals surface area contributed by atoms with Crippen molar-refractivity contribution in [2.75, 3.05) is 6.61 Å². The largest absolute Gasteiger partial charge is 0.480 e. The van der Waals surface area contributed by atoms with Crippen molar-refractivity contribution in [3.05, 3.63) is 59.7 Å². The molecule has 182 valence electrons. The van der Waals surface area contributed by atoms with E-state index in [1.807, 2.05) is 24.3 Å². The van der Waals surface area contributed by atoms with Crippen LogP contribution in [0.3, 0.4) is 0 Å². The summed E-state index contributed by atoms with van der Waals surface area (Å²) < 4.78 is 5.65. The van der Waals surface area contributed by atoms with E-state index in [1.165, 1.54) is 11.1 Å². The molecular weight excluding hydrogens is 444 g/mol. The molecule has 35 heavy (non-hydrogen) atoms. The molecular formula is C28H30N2O5. The second kappa shape index (κ2) is 11.1. The summed E-state index contributed by atoms with van der Waals surface area (Å²) in [5, 5.41) is 14.8. The molecule has 4 rings (SSSR count). The van der Waals surface area contributed by atoms with Gasteiger partial charge in [-0.2, -0.15) is 0 Å². The summed E-state index contributed by atoms with van der Waals surface area (Å²) in [6.45, 7) is 1.86. The first kappa shape index (κ1) is 24.3. The first-order valence-corrected chi connectivity index (χ1v) is 12.0. The third-order valence-electron chi connectivity index (χ3n) is 6.87. The normalized spacial score (nSPS) is 19.0. The maximum Gasteiger partial charge on any atom is 0.407 e. The molecule has 2 aliphatic carbocycles. The highest BCUT2D eigenvalue weighted by atomic mass is 16.5. The molecule has 0 radical (unpaired) electrons. The number of alkyl carbamates (subject to hydrolysis) is 1. The van der Waals surface area contributed by atoms with Crippen LogP contribution >= 0.6 is 0 Å². The van der Waals surface area contributed by atoms with Gasteiger partial charge in [0, 0.05) is 24.8 Å². The lowest BCUT2D eigenvalue weighted by Crippen LogP contribution is -2.43. The van der Waals surface area contributed by atoms with Gasteiger partial charge in [-0.3, -0.25) is 4.79 Å². The average molecular weight is 475 g/mol. The van der Waals surface area contributed by atoms with Crippen molar-refractivity contribution in [1.82, 2.24) is 10.6 Å². The van der Waals surface area contributed by atoms with Gasteiger partial charge in [0.05, 0.1) is 0 Å². The molecule has 0 aliphatic heterocycles. The lowest BCUT2D eigenvalue weighted by Gasteiger charge is -2.22. The first-order chi connectivity index (χ1) is 17.0. The number of carboxylic acids is 1. The number of fused-ring (bicyclic) bond motifs is 3. The molecule has 1 fully saturated rings. The zero-order valence-electron chi connectivity index (χ0n) is 19.8. The van der Waals surface area contributed by atoms with Crippen LogP contribution in [0.5, 0.6) is 0 Å². The number of benzene rings is 2. The molecule has 2 aromatic carbocycles. The van der Waals surface area contributed by atoms with E-state index in [2.05, 4.69) is 46.7 Å². The van der Waals surface area contributed by atoms with Crippen molar-refractivity contribution in [3.8, 4) is 23.0 Å². The molecule has 0 aromatic heterocycles. The Hall–Kier alpha value is -3.79. The predicted octanol–water partition coefficient (Wildman–Crippen LogP) is 4.07. The second-order valence-electron chi connectivity index (χ2n) is 9.06. The number of carbonyl (C=O) groups excluding carboxylic acids is 2. The number of ether oxygens (including phenoxy) is 1. The molecule has 2 aromatic rings. The van der Waals surface area contributed by atoms with Gasteiger partial charge in [0.1, 0.15) is 12.6 Å². The van der Waals surface area contributed by atoms with Crippen molar-refractivity contribution in [2.24, 2.45) is 5.92 Å². The van der Waals surface area contributed by atoms with Gasteiger partial charge < -0.3 is 20.5 Å². The lowest BCUT2D eigenvalue weighted by atomic mass is 9.98. The molecule has 3 unspecified atom stereocenters. The van der Waals surface area contributed by atoms with Gasteiger partial charge in [-0.15, -0.1) is 11.8 Å². The minimum atomic E-state index is -1.11. The molecule has 7 nitrogen and oxygen atoms in total. The number of hydrogen-bond acceptors (Lipinski definition) is 4. The first-order valence-electron chi connectivity index (χ1n) is 12.0. The Morgan fingerprint density at radius 1 is 1.06 bits per heavy atom. The van der Waals surface area contributed by atoms with Crippen LogP contribution in [0, 0.1) is 17.8 Å². The van der Waals surface area contributed by atoms with Crippen molar-refractivity contribution < 1.29 is 24.2 Å². The fourth-order valence-corrected chi connectivity index (χ4v) is 5.16. The Morgan fingerprint density at radius 3 is 2.34 bits per heavy atom. The molecule has 0 saturated heterocycles. The van der Waals surface area contributed by atoms with Crippen LogP contribution in [-0.2, 0) is 14.3 Å². The number of hydrogen-bond donors (Lipinski definition) is 3. The Labute approximate surface area is 205 Å². The van der Waals surface area contributed by atoms with Crippen molar-refractivity contribution in [3.63, 3.8) is 0 Å². The molecule has 0 bridgehead atoms. The third-order valence-corrected chi connectivity index (χ3v) is 6.87. The highest BCUT2D eigenvalue weighted by molar-refractivity contribution is 5.84. The zero-order chi connectivity index (χ0) is 24.8. The molecule has 1 saturated carbocycles. The van der Waals surface area contributed by atoms with Gasteiger partial charge >= 0.3 is 12.1 Å². The Kier molecular flexibility index (Phi) is 7.71. The maximum atomic E-state index is 12.7. The number of rotatable bonds is 8. The van der Waals surface area contributed by atoms with E-state index >= 15 is 0 Å². The minimum absolute atomic E-state index is 0.0162. The summed E-state index contributed by atoms with van der Waals surface area (Å²) in [7, 11) is 0. The van der Waals surface area contributed by atoms with Gasteiger partial charge in [-0.1, -0.05) is 55.0 Å². The van der Waals surface area contributed by atoms with Gasteiger partial charge in [-0.05, 0) is 47.9 Å². The van der Waals surface area contributed by atoms with Gasteiger partial charge in [0.25, 0.3) is 0 Å². The van der Waals surface area contributed by atoms with E-state index in [1.54, 1.807) is 6.92 Å². The molecule has 0 spiro atoms. The summed E-state index contributed by atoms with van der Waals surface area (Å²) in [6, 6.07) is 15.1. The fraction of sp³-hybridized carbons (Fsp3) is 0.393. The van der Waals surface area contributed by atoms with Gasteiger partial charge in [-0.25, -0.2) is 9.59 Å². The minimum Gasteiger partial charge on any atom is -0.480 e. The van der Waals surface area contributed by atoms with Gasteiger partial charge in [0.15, 0.2) is 0 Å². The number of carboxylic acid groups (broad SMARTS) is 1. The smallest absolute Gasteiger partial charge is 0.407 e. The predicted molar refractivity (Wildman–Crippen MR) is 132 cm³/mol.